The molecule has 0 aliphatic carbocycles. The van der Waals surface area contributed by atoms with E-state index in [-0.39, 0.29) is 6.04 Å². The highest BCUT2D eigenvalue weighted by Crippen LogP contribution is 2.27. The van der Waals surface area contributed by atoms with E-state index < -0.39 is 10.0 Å². The fourth-order valence-corrected chi connectivity index (χ4v) is 4.75. The van der Waals surface area contributed by atoms with Crippen LogP contribution in [0.25, 0.3) is 0 Å². The molecule has 20 heavy (non-hydrogen) atoms. The molecule has 0 aliphatic rings. The van der Waals surface area contributed by atoms with Crippen molar-refractivity contribution in [1.29, 1.82) is 0 Å². The molecule has 1 rings (SSSR count). The highest BCUT2D eigenvalue weighted by molar-refractivity contribution is 9.10. The normalized spacial score (nSPS) is 13.7. The van der Waals surface area contributed by atoms with Crippen molar-refractivity contribution >= 4 is 26.0 Å². The van der Waals surface area contributed by atoms with Gasteiger partial charge < -0.3 is 4.74 Å². The average Bonchev–Trinajstić information content (AvgIpc) is 2.38. The van der Waals surface area contributed by atoms with Crippen molar-refractivity contribution in [2.75, 3.05) is 20.3 Å². The molecule has 0 N–H and O–H groups in total. The molecule has 0 radical (unpaired) electrons. The van der Waals surface area contributed by atoms with Gasteiger partial charge in [0, 0.05) is 24.2 Å². The van der Waals surface area contributed by atoms with E-state index in [1.54, 1.807) is 13.2 Å². The van der Waals surface area contributed by atoms with Crippen molar-refractivity contribution in [2.45, 2.75) is 38.1 Å². The second kappa shape index (κ2) is 7.54. The number of ether oxygens (including phenoxy) is 1. The molecule has 1 unspecified atom stereocenters. The van der Waals surface area contributed by atoms with E-state index in [0.29, 0.717) is 22.5 Å². The molecule has 0 aromatic heterocycles. The molecule has 0 spiro atoms. The Kier molecular flexibility index (Phi) is 6.64. The smallest absolute Gasteiger partial charge is 0.244 e. The molecule has 0 fully saturated rings. The molecule has 0 heterocycles. The van der Waals surface area contributed by atoms with E-state index in [9.17, 15) is 8.42 Å². The van der Waals surface area contributed by atoms with Gasteiger partial charge in [-0.25, -0.2) is 8.42 Å². The van der Waals surface area contributed by atoms with E-state index in [0.717, 1.165) is 12.0 Å². The summed E-state index contributed by atoms with van der Waals surface area (Å²) in [7, 11) is -1.95. The average molecular weight is 364 g/mol. The summed E-state index contributed by atoms with van der Waals surface area (Å²) in [5.74, 6) is 0. The third kappa shape index (κ3) is 4.04. The third-order valence-electron chi connectivity index (χ3n) is 3.27. The number of benzene rings is 1. The maximum atomic E-state index is 12.8. The first-order valence-electron chi connectivity index (χ1n) is 6.61. The zero-order valence-corrected chi connectivity index (χ0v) is 14.8. The Balaban J connectivity index is 3.21. The number of rotatable bonds is 7. The minimum absolute atomic E-state index is 0.0663. The number of nitrogens with zero attached hydrogens (tertiary/aromatic N) is 1. The first-order valence-corrected chi connectivity index (χ1v) is 8.84. The van der Waals surface area contributed by atoms with E-state index in [4.69, 9.17) is 4.74 Å². The Labute approximate surface area is 130 Å². The number of aryl methyl sites for hydroxylation is 1. The first-order chi connectivity index (χ1) is 9.34. The largest absolute Gasteiger partial charge is 0.383 e. The number of halogens is 1. The van der Waals surface area contributed by atoms with Crippen LogP contribution in [-0.4, -0.2) is 39.0 Å². The van der Waals surface area contributed by atoms with Crippen LogP contribution in [0.5, 0.6) is 0 Å². The molecule has 6 heteroatoms. The monoisotopic (exact) mass is 363 g/mol. The van der Waals surface area contributed by atoms with Gasteiger partial charge in [-0.1, -0.05) is 13.0 Å². The van der Waals surface area contributed by atoms with Crippen LogP contribution in [-0.2, 0) is 14.8 Å². The van der Waals surface area contributed by atoms with Crippen LogP contribution < -0.4 is 0 Å². The summed E-state index contributed by atoms with van der Waals surface area (Å²) < 4.78 is 32.8. The topological polar surface area (TPSA) is 46.6 Å². The molecular formula is C14H22BrNO3S. The van der Waals surface area contributed by atoms with E-state index in [1.165, 1.54) is 4.31 Å². The predicted octanol–water partition coefficient (Wildman–Crippen LogP) is 3.19. The van der Waals surface area contributed by atoms with Gasteiger partial charge in [0.05, 0.1) is 11.5 Å². The summed E-state index contributed by atoms with van der Waals surface area (Å²) in [6, 6.07) is 5.21. The lowest BCUT2D eigenvalue weighted by atomic mass is 10.2. The molecule has 1 aromatic rings. The van der Waals surface area contributed by atoms with Gasteiger partial charge in [-0.05, 0) is 53.9 Å². The van der Waals surface area contributed by atoms with Gasteiger partial charge in [0.1, 0.15) is 0 Å². The fourth-order valence-electron chi connectivity index (χ4n) is 1.90. The Hall–Kier alpha value is -0.430. The Bertz CT molecular complexity index is 545. The van der Waals surface area contributed by atoms with Gasteiger partial charge in [-0.2, -0.15) is 4.31 Å². The minimum Gasteiger partial charge on any atom is -0.383 e. The number of hydrogen-bond acceptors (Lipinski definition) is 3. The number of methoxy groups -OCH3 is 1. The van der Waals surface area contributed by atoms with E-state index >= 15 is 0 Å². The molecule has 0 aliphatic heterocycles. The van der Waals surface area contributed by atoms with Gasteiger partial charge in [-0.3, -0.25) is 0 Å². The fraction of sp³-hybridized carbons (Fsp3) is 0.571. The Morgan fingerprint density at radius 1 is 1.40 bits per heavy atom. The number of hydrogen-bond donors (Lipinski definition) is 0. The van der Waals surface area contributed by atoms with Crippen LogP contribution in [0, 0.1) is 6.92 Å². The maximum absolute atomic E-state index is 12.8. The van der Waals surface area contributed by atoms with Crippen molar-refractivity contribution in [3.8, 4) is 0 Å². The highest BCUT2D eigenvalue weighted by atomic mass is 79.9. The van der Waals surface area contributed by atoms with Crippen molar-refractivity contribution < 1.29 is 13.2 Å². The first kappa shape index (κ1) is 17.6. The van der Waals surface area contributed by atoms with Gasteiger partial charge >= 0.3 is 0 Å². The standard InChI is InChI=1S/C14H22BrNO3S/c1-5-12(3)16(8-9-19-4)20(17,18)14-7-6-11(2)10-13(14)15/h6-7,10,12H,5,8-9H2,1-4H3. The lowest BCUT2D eigenvalue weighted by Crippen LogP contribution is -2.40. The van der Waals surface area contributed by atoms with Crippen LogP contribution in [0.15, 0.2) is 27.6 Å². The second-order valence-corrected chi connectivity index (χ2v) is 7.51. The quantitative estimate of drug-likeness (QED) is 0.747. The second-order valence-electron chi connectivity index (χ2n) is 4.80. The highest BCUT2D eigenvalue weighted by Gasteiger charge is 2.29. The van der Waals surface area contributed by atoms with Crippen LogP contribution in [0.4, 0.5) is 0 Å². The summed E-state index contributed by atoms with van der Waals surface area (Å²) in [6.07, 6.45) is 0.756. The zero-order chi connectivity index (χ0) is 15.3. The van der Waals surface area contributed by atoms with E-state index in [1.807, 2.05) is 32.9 Å². The van der Waals surface area contributed by atoms with Crippen LogP contribution in [0.1, 0.15) is 25.8 Å². The SMILES string of the molecule is CCC(C)N(CCOC)S(=O)(=O)c1ccc(C)cc1Br. The summed E-state index contributed by atoms with van der Waals surface area (Å²) in [4.78, 5) is 0.305. The van der Waals surface area contributed by atoms with Crippen molar-refractivity contribution in [3.63, 3.8) is 0 Å². The zero-order valence-electron chi connectivity index (χ0n) is 12.4. The molecular weight excluding hydrogens is 342 g/mol. The molecule has 0 amide bonds. The summed E-state index contributed by atoms with van der Waals surface area (Å²) >= 11 is 3.35. The summed E-state index contributed by atoms with van der Waals surface area (Å²) in [5, 5.41) is 0. The Morgan fingerprint density at radius 2 is 2.05 bits per heavy atom. The third-order valence-corrected chi connectivity index (χ3v) is 6.26. The summed E-state index contributed by atoms with van der Waals surface area (Å²) in [6.45, 7) is 6.55. The van der Waals surface area contributed by atoms with Gasteiger partial charge in [0.25, 0.3) is 0 Å². The molecule has 1 atom stereocenters. The molecule has 114 valence electrons. The van der Waals surface area contributed by atoms with Crippen LogP contribution in [0.2, 0.25) is 0 Å². The van der Waals surface area contributed by atoms with Crippen molar-refractivity contribution in [1.82, 2.24) is 4.31 Å². The van der Waals surface area contributed by atoms with Crippen LogP contribution >= 0.6 is 15.9 Å². The van der Waals surface area contributed by atoms with Crippen molar-refractivity contribution in [3.05, 3.63) is 28.2 Å². The molecule has 0 bridgehead atoms. The predicted molar refractivity (Wildman–Crippen MR) is 84.4 cm³/mol. The molecule has 1 aromatic carbocycles. The summed E-state index contributed by atoms with van der Waals surface area (Å²) in [5.41, 5.74) is 1.02. The Morgan fingerprint density at radius 3 is 2.55 bits per heavy atom. The van der Waals surface area contributed by atoms with Gasteiger partial charge in [0.15, 0.2) is 0 Å². The van der Waals surface area contributed by atoms with Gasteiger partial charge in [-0.15, -0.1) is 0 Å². The molecule has 4 nitrogen and oxygen atoms in total. The van der Waals surface area contributed by atoms with E-state index in [2.05, 4.69) is 15.9 Å². The lowest BCUT2D eigenvalue weighted by molar-refractivity contribution is 0.167. The minimum atomic E-state index is -3.53. The number of sulfonamides is 1. The molecule has 0 saturated carbocycles. The maximum Gasteiger partial charge on any atom is 0.244 e. The molecule has 0 saturated heterocycles. The van der Waals surface area contributed by atoms with Gasteiger partial charge in [0.2, 0.25) is 10.0 Å². The van der Waals surface area contributed by atoms with Crippen LogP contribution in [0.3, 0.4) is 0 Å². The lowest BCUT2D eigenvalue weighted by Gasteiger charge is -2.28. The van der Waals surface area contributed by atoms with Crippen molar-refractivity contribution in [2.24, 2.45) is 0 Å².